The zero-order chi connectivity index (χ0) is 14.9. The summed E-state index contributed by atoms with van der Waals surface area (Å²) < 4.78 is 16.3. The Morgan fingerprint density at radius 1 is 1.24 bits per heavy atom. The van der Waals surface area contributed by atoms with E-state index in [0.29, 0.717) is 23.2 Å². The molecule has 1 N–H and O–H groups in total. The van der Waals surface area contributed by atoms with Crippen molar-refractivity contribution in [1.29, 1.82) is 0 Å². The Balaban J connectivity index is 1.64. The molecule has 0 saturated carbocycles. The number of rotatable bonds is 4. The molecule has 6 nitrogen and oxygen atoms in total. The van der Waals surface area contributed by atoms with Gasteiger partial charge >= 0.3 is 0 Å². The molecular formula is C14H17N3O3S. The van der Waals surface area contributed by atoms with Gasteiger partial charge in [-0.3, -0.25) is 0 Å². The maximum atomic E-state index is 5.70. The Bertz CT molecular complexity index is 637. The predicted octanol–water partition coefficient (Wildman–Crippen LogP) is 2.95. The first-order chi connectivity index (χ1) is 9.99. The summed E-state index contributed by atoms with van der Waals surface area (Å²) in [5, 5.41) is 12.9. The Labute approximate surface area is 127 Å². The van der Waals surface area contributed by atoms with Crippen LogP contribution < -0.4 is 19.5 Å². The molecule has 21 heavy (non-hydrogen) atoms. The first-order valence-corrected chi connectivity index (χ1v) is 7.46. The van der Waals surface area contributed by atoms with Crippen LogP contribution in [0.1, 0.15) is 25.8 Å². The van der Waals surface area contributed by atoms with Crippen molar-refractivity contribution in [2.24, 2.45) is 0 Å². The number of benzene rings is 1. The van der Waals surface area contributed by atoms with Gasteiger partial charge in [0.05, 0.1) is 6.54 Å². The quantitative estimate of drug-likeness (QED) is 0.937. The maximum absolute atomic E-state index is 5.70. The molecule has 0 saturated heterocycles. The van der Waals surface area contributed by atoms with Gasteiger partial charge in [0, 0.05) is 11.6 Å². The van der Waals surface area contributed by atoms with Crippen LogP contribution >= 0.6 is 11.3 Å². The van der Waals surface area contributed by atoms with Gasteiger partial charge in [0.2, 0.25) is 6.79 Å². The number of aromatic nitrogens is 2. The van der Waals surface area contributed by atoms with E-state index in [0.717, 1.165) is 10.8 Å². The van der Waals surface area contributed by atoms with Crippen LogP contribution in [0.2, 0.25) is 0 Å². The van der Waals surface area contributed by atoms with E-state index in [1.165, 1.54) is 11.3 Å². The van der Waals surface area contributed by atoms with Gasteiger partial charge in [0.25, 0.3) is 5.19 Å². The summed E-state index contributed by atoms with van der Waals surface area (Å²) in [5.74, 6) is 2.08. The van der Waals surface area contributed by atoms with E-state index in [-0.39, 0.29) is 12.3 Å². The van der Waals surface area contributed by atoms with Crippen molar-refractivity contribution in [3.8, 4) is 22.4 Å². The van der Waals surface area contributed by atoms with Gasteiger partial charge in [-0.1, -0.05) is 16.4 Å². The molecule has 0 unspecified atom stereocenters. The van der Waals surface area contributed by atoms with Crippen LogP contribution in [0.15, 0.2) is 18.2 Å². The highest BCUT2D eigenvalue weighted by Crippen LogP contribution is 2.36. The zero-order valence-electron chi connectivity index (χ0n) is 12.2. The van der Waals surface area contributed by atoms with Crippen molar-refractivity contribution in [3.05, 3.63) is 23.2 Å². The van der Waals surface area contributed by atoms with E-state index in [2.05, 4.69) is 36.3 Å². The zero-order valence-corrected chi connectivity index (χ0v) is 13.0. The third kappa shape index (κ3) is 3.62. The summed E-state index contributed by atoms with van der Waals surface area (Å²) >= 11 is 1.42. The van der Waals surface area contributed by atoms with Crippen molar-refractivity contribution in [1.82, 2.24) is 15.5 Å². The average molecular weight is 307 g/mol. The standard InChI is InChI=1S/C14H17N3O3S/c1-14(2,3)15-7-12-16-17-13(21-12)20-9-4-5-10-11(6-9)19-8-18-10/h4-6,15H,7-8H2,1-3H3. The third-order valence-electron chi connectivity index (χ3n) is 2.77. The summed E-state index contributed by atoms with van der Waals surface area (Å²) in [5.41, 5.74) is 0.0456. The molecule has 1 aliphatic heterocycles. The number of hydrogen-bond acceptors (Lipinski definition) is 7. The lowest BCUT2D eigenvalue weighted by Crippen LogP contribution is -2.35. The number of nitrogens with one attached hydrogen (secondary N) is 1. The minimum Gasteiger partial charge on any atom is -0.454 e. The van der Waals surface area contributed by atoms with E-state index in [9.17, 15) is 0 Å². The first-order valence-electron chi connectivity index (χ1n) is 6.64. The fraction of sp³-hybridized carbons (Fsp3) is 0.429. The number of fused-ring (bicyclic) bond motifs is 1. The summed E-state index contributed by atoms with van der Waals surface area (Å²) in [6, 6.07) is 5.43. The number of hydrogen-bond donors (Lipinski definition) is 1. The second-order valence-electron chi connectivity index (χ2n) is 5.68. The molecule has 3 rings (SSSR count). The summed E-state index contributed by atoms with van der Waals surface area (Å²) in [6.45, 7) is 7.25. The van der Waals surface area contributed by atoms with Gasteiger partial charge in [-0.15, -0.1) is 5.10 Å². The topological polar surface area (TPSA) is 65.5 Å². The molecule has 7 heteroatoms. The average Bonchev–Trinajstić information content (AvgIpc) is 3.04. The van der Waals surface area contributed by atoms with E-state index in [4.69, 9.17) is 14.2 Å². The highest BCUT2D eigenvalue weighted by atomic mass is 32.1. The predicted molar refractivity (Wildman–Crippen MR) is 79.1 cm³/mol. The lowest BCUT2D eigenvalue weighted by atomic mass is 10.1. The molecule has 0 radical (unpaired) electrons. The van der Waals surface area contributed by atoms with E-state index in [1.807, 2.05) is 12.1 Å². The van der Waals surface area contributed by atoms with Crippen molar-refractivity contribution in [2.45, 2.75) is 32.9 Å². The Morgan fingerprint density at radius 3 is 2.86 bits per heavy atom. The van der Waals surface area contributed by atoms with Crippen molar-refractivity contribution >= 4 is 11.3 Å². The van der Waals surface area contributed by atoms with E-state index >= 15 is 0 Å². The van der Waals surface area contributed by atoms with Gasteiger partial charge in [-0.05, 0) is 32.9 Å². The van der Waals surface area contributed by atoms with Crippen LogP contribution in [0.25, 0.3) is 0 Å². The molecule has 0 bridgehead atoms. The van der Waals surface area contributed by atoms with Crippen LogP contribution in [0.4, 0.5) is 0 Å². The Kier molecular flexibility index (Phi) is 3.69. The van der Waals surface area contributed by atoms with Crippen LogP contribution in [0.3, 0.4) is 0 Å². The lowest BCUT2D eigenvalue weighted by molar-refractivity contribution is 0.174. The monoisotopic (exact) mass is 307 g/mol. The lowest BCUT2D eigenvalue weighted by Gasteiger charge is -2.19. The summed E-state index contributed by atoms with van der Waals surface area (Å²) in [4.78, 5) is 0. The molecule has 0 amide bonds. The van der Waals surface area contributed by atoms with Gasteiger partial charge < -0.3 is 19.5 Å². The van der Waals surface area contributed by atoms with E-state index in [1.54, 1.807) is 6.07 Å². The second kappa shape index (κ2) is 5.50. The van der Waals surface area contributed by atoms with Crippen LogP contribution in [-0.2, 0) is 6.54 Å². The van der Waals surface area contributed by atoms with Gasteiger partial charge in [-0.2, -0.15) is 0 Å². The molecule has 2 heterocycles. The normalized spacial score (nSPS) is 13.5. The molecule has 112 valence electrons. The van der Waals surface area contributed by atoms with Gasteiger partial charge in [0.1, 0.15) is 10.8 Å². The van der Waals surface area contributed by atoms with Crippen LogP contribution in [0.5, 0.6) is 22.4 Å². The molecule has 0 spiro atoms. The molecular weight excluding hydrogens is 290 g/mol. The largest absolute Gasteiger partial charge is 0.454 e. The maximum Gasteiger partial charge on any atom is 0.299 e. The molecule has 0 fully saturated rings. The third-order valence-corrected chi connectivity index (χ3v) is 3.57. The van der Waals surface area contributed by atoms with Crippen LogP contribution in [0, 0.1) is 0 Å². The molecule has 1 aromatic heterocycles. The Morgan fingerprint density at radius 2 is 2.05 bits per heavy atom. The number of ether oxygens (including phenoxy) is 3. The fourth-order valence-electron chi connectivity index (χ4n) is 1.73. The molecule has 0 aliphatic carbocycles. The minimum absolute atomic E-state index is 0.0456. The van der Waals surface area contributed by atoms with Gasteiger partial charge in [-0.25, -0.2) is 0 Å². The molecule has 1 aromatic carbocycles. The van der Waals surface area contributed by atoms with Crippen molar-refractivity contribution in [3.63, 3.8) is 0 Å². The second-order valence-corrected chi connectivity index (χ2v) is 6.71. The molecule has 2 aromatic rings. The van der Waals surface area contributed by atoms with Crippen molar-refractivity contribution < 1.29 is 14.2 Å². The Hall–Kier alpha value is -1.86. The summed E-state index contributed by atoms with van der Waals surface area (Å²) in [7, 11) is 0. The smallest absolute Gasteiger partial charge is 0.299 e. The molecule has 1 aliphatic rings. The van der Waals surface area contributed by atoms with Gasteiger partial charge in [0.15, 0.2) is 11.5 Å². The highest BCUT2D eigenvalue weighted by molar-refractivity contribution is 7.13. The summed E-state index contributed by atoms with van der Waals surface area (Å²) in [6.07, 6.45) is 0. The van der Waals surface area contributed by atoms with Crippen molar-refractivity contribution in [2.75, 3.05) is 6.79 Å². The highest BCUT2D eigenvalue weighted by Gasteiger charge is 2.15. The number of nitrogens with zero attached hydrogens (tertiary/aromatic N) is 2. The fourth-order valence-corrected chi connectivity index (χ4v) is 2.38. The SMILES string of the molecule is CC(C)(C)NCc1nnc(Oc2ccc3c(c2)OCO3)s1. The van der Waals surface area contributed by atoms with Crippen LogP contribution in [-0.4, -0.2) is 22.5 Å². The van der Waals surface area contributed by atoms with E-state index < -0.39 is 0 Å². The minimum atomic E-state index is 0.0456. The molecule has 0 atom stereocenters. The first kappa shape index (κ1) is 14.1.